The molecule has 2 N–H and O–H groups in total. The van der Waals surface area contributed by atoms with Gasteiger partial charge in [0.2, 0.25) is 0 Å². The molecule has 86 valence electrons. The first-order valence-corrected chi connectivity index (χ1v) is 5.79. The third-order valence-corrected chi connectivity index (χ3v) is 3.37. The average Bonchev–Trinajstić information content (AvgIpc) is 2.20. The zero-order valence-electron chi connectivity index (χ0n) is 8.56. The Kier molecular flexibility index (Phi) is 3.16. The molecule has 1 fully saturated rings. The van der Waals surface area contributed by atoms with E-state index in [9.17, 15) is 9.90 Å². The van der Waals surface area contributed by atoms with Crippen LogP contribution in [0.3, 0.4) is 0 Å². The number of nitrogens with zero attached hydrogens (tertiary/aromatic N) is 1. The largest absolute Gasteiger partial charge is 0.507 e. The lowest BCUT2D eigenvalue weighted by Gasteiger charge is -2.38. The first kappa shape index (κ1) is 11.4. The highest BCUT2D eigenvalue weighted by Gasteiger charge is 2.30. The zero-order chi connectivity index (χ0) is 11.7. The van der Waals surface area contributed by atoms with Crippen molar-refractivity contribution in [2.75, 3.05) is 19.7 Å². The monoisotopic (exact) mass is 285 g/mol. The summed E-state index contributed by atoms with van der Waals surface area (Å²) in [4.78, 5) is 13.5. The van der Waals surface area contributed by atoms with E-state index in [2.05, 4.69) is 15.9 Å². The van der Waals surface area contributed by atoms with Crippen LogP contribution in [0.5, 0.6) is 5.75 Å². The van der Waals surface area contributed by atoms with E-state index < -0.39 is 0 Å². The molecule has 16 heavy (non-hydrogen) atoms. The third kappa shape index (κ3) is 2.05. The molecule has 4 nitrogen and oxygen atoms in total. The molecule has 0 aromatic heterocycles. The number of benzene rings is 1. The Morgan fingerprint density at radius 2 is 2.19 bits per heavy atom. The van der Waals surface area contributed by atoms with Crippen LogP contribution in [0.15, 0.2) is 22.7 Å². The number of amides is 1. The molecule has 0 aliphatic carbocycles. The minimum absolute atomic E-state index is 0.0603. The van der Waals surface area contributed by atoms with Gasteiger partial charge in [-0.3, -0.25) is 4.79 Å². The maximum absolute atomic E-state index is 11.9. The number of hydrogen-bond acceptors (Lipinski definition) is 3. The van der Waals surface area contributed by atoms with E-state index in [1.54, 1.807) is 17.0 Å². The number of aliphatic hydroxyl groups excluding tert-OH is 1. The van der Waals surface area contributed by atoms with Crippen LogP contribution in [0.4, 0.5) is 0 Å². The number of phenols is 1. The molecule has 1 aromatic rings. The van der Waals surface area contributed by atoms with Gasteiger partial charge in [0, 0.05) is 31.2 Å². The van der Waals surface area contributed by atoms with Crippen molar-refractivity contribution in [1.29, 1.82) is 0 Å². The van der Waals surface area contributed by atoms with Crippen LogP contribution in [0.25, 0.3) is 0 Å². The molecule has 1 aliphatic rings. The standard InChI is InChI=1S/C11H12BrNO3/c12-9-2-1-8(3-10(9)15)11(16)13-4-7(5-13)6-14/h1-3,7,14-15H,4-6H2. The molecule has 1 heterocycles. The van der Waals surface area contributed by atoms with Gasteiger partial charge in [-0.1, -0.05) is 0 Å². The van der Waals surface area contributed by atoms with E-state index in [-0.39, 0.29) is 24.2 Å². The van der Waals surface area contributed by atoms with Crippen LogP contribution >= 0.6 is 15.9 Å². The maximum Gasteiger partial charge on any atom is 0.254 e. The Bertz CT molecular complexity index is 416. The van der Waals surface area contributed by atoms with Crippen LogP contribution in [0, 0.1) is 5.92 Å². The molecule has 0 atom stereocenters. The molecule has 1 aromatic carbocycles. The smallest absolute Gasteiger partial charge is 0.254 e. The van der Waals surface area contributed by atoms with Crippen molar-refractivity contribution >= 4 is 21.8 Å². The van der Waals surface area contributed by atoms with Gasteiger partial charge in [0.15, 0.2) is 0 Å². The van der Waals surface area contributed by atoms with E-state index in [1.807, 2.05) is 0 Å². The van der Waals surface area contributed by atoms with Gasteiger partial charge in [0.1, 0.15) is 5.75 Å². The molecule has 1 saturated heterocycles. The second-order valence-corrected chi connectivity index (χ2v) is 4.78. The average molecular weight is 286 g/mol. The van der Waals surface area contributed by atoms with Gasteiger partial charge in [-0.25, -0.2) is 0 Å². The van der Waals surface area contributed by atoms with E-state index in [0.29, 0.717) is 23.1 Å². The van der Waals surface area contributed by atoms with E-state index in [1.165, 1.54) is 6.07 Å². The number of rotatable bonds is 2. The molecular weight excluding hydrogens is 274 g/mol. The molecule has 0 saturated carbocycles. The fraction of sp³-hybridized carbons (Fsp3) is 0.364. The van der Waals surface area contributed by atoms with Gasteiger partial charge in [-0.15, -0.1) is 0 Å². The Morgan fingerprint density at radius 1 is 1.50 bits per heavy atom. The van der Waals surface area contributed by atoms with Crippen LogP contribution in [-0.2, 0) is 0 Å². The van der Waals surface area contributed by atoms with Gasteiger partial charge in [-0.05, 0) is 34.1 Å². The SMILES string of the molecule is O=C(c1ccc(Br)c(O)c1)N1CC(CO)C1. The van der Waals surface area contributed by atoms with E-state index in [4.69, 9.17) is 5.11 Å². The molecule has 1 amide bonds. The summed E-state index contributed by atoms with van der Waals surface area (Å²) in [5.74, 6) is 0.158. The summed E-state index contributed by atoms with van der Waals surface area (Å²) in [5.41, 5.74) is 0.470. The highest BCUT2D eigenvalue weighted by Crippen LogP contribution is 2.26. The summed E-state index contributed by atoms with van der Waals surface area (Å²) in [6, 6.07) is 4.75. The first-order valence-electron chi connectivity index (χ1n) is 5.00. The minimum Gasteiger partial charge on any atom is -0.507 e. The maximum atomic E-state index is 11.9. The predicted octanol–water partition coefficient (Wildman–Crippen LogP) is 1.22. The lowest BCUT2D eigenvalue weighted by Crippen LogP contribution is -2.51. The first-order chi connectivity index (χ1) is 7.61. The van der Waals surface area contributed by atoms with Gasteiger partial charge < -0.3 is 15.1 Å². The number of phenolic OH excluding ortho intramolecular Hbond substituents is 1. The lowest BCUT2D eigenvalue weighted by molar-refractivity contribution is 0.0361. The van der Waals surface area contributed by atoms with Crippen molar-refractivity contribution in [3.63, 3.8) is 0 Å². The number of carbonyl (C=O) groups excluding carboxylic acids is 1. The van der Waals surface area contributed by atoms with Crippen LogP contribution < -0.4 is 0 Å². The molecule has 2 rings (SSSR count). The van der Waals surface area contributed by atoms with Gasteiger partial charge >= 0.3 is 0 Å². The summed E-state index contributed by atoms with van der Waals surface area (Å²) >= 11 is 3.16. The van der Waals surface area contributed by atoms with E-state index >= 15 is 0 Å². The number of likely N-dealkylation sites (tertiary alicyclic amines) is 1. The minimum atomic E-state index is -0.104. The molecule has 0 bridgehead atoms. The molecule has 0 unspecified atom stereocenters. The fourth-order valence-corrected chi connectivity index (χ4v) is 1.93. The number of carbonyl (C=O) groups is 1. The van der Waals surface area contributed by atoms with Crippen molar-refractivity contribution in [2.45, 2.75) is 0 Å². The highest BCUT2D eigenvalue weighted by molar-refractivity contribution is 9.10. The summed E-state index contributed by atoms with van der Waals surface area (Å²) in [6.45, 7) is 1.30. The van der Waals surface area contributed by atoms with Crippen molar-refractivity contribution in [1.82, 2.24) is 4.90 Å². The Balaban J connectivity index is 2.07. The van der Waals surface area contributed by atoms with Gasteiger partial charge in [0.25, 0.3) is 5.91 Å². The predicted molar refractivity (Wildman–Crippen MR) is 62.3 cm³/mol. The molecule has 1 aliphatic heterocycles. The van der Waals surface area contributed by atoms with Gasteiger partial charge in [-0.2, -0.15) is 0 Å². The van der Waals surface area contributed by atoms with Crippen LogP contribution in [0.2, 0.25) is 0 Å². The summed E-state index contributed by atoms with van der Waals surface area (Å²) in [7, 11) is 0. The number of halogens is 1. The van der Waals surface area contributed by atoms with Crippen LogP contribution in [0.1, 0.15) is 10.4 Å². The van der Waals surface area contributed by atoms with Crippen molar-refractivity contribution in [3.8, 4) is 5.75 Å². The topological polar surface area (TPSA) is 60.8 Å². The molecule has 5 heteroatoms. The molecule has 0 spiro atoms. The number of aliphatic hydroxyl groups is 1. The lowest BCUT2D eigenvalue weighted by atomic mass is 10.00. The zero-order valence-corrected chi connectivity index (χ0v) is 10.1. The van der Waals surface area contributed by atoms with Crippen LogP contribution in [-0.4, -0.2) is 40.7 Å². The third-order valence-electron chi connectivity index (χ3n) is 2.70. The van der Waals surface area contributed by atoms with Crippen molar-refractivity contribution in [2.24, 2.45) is 5.92 Å². The quantitative estimate of drug-likeness (QED) is 0.859. The second-order valence-electron chi connectivity index (χ2n) is 3.92. The Hall–Kier alpha value is -1.07. The van der Waals surface area contributed by atoms with Crippen molar-refractivity contribution < 1.29 is 15.0 Å². The Labute approximate surface area is 102 Å². The molecule has 0 radical (unpaired) electrons. The molecular formula is C11H12BrNO3. The number of aromatic hydroxyl groups is 1. The summed E-state index contributed by atoms with van der Waals surface area (Å²) < 4.78 is 0.570. The fourth-order valence-electron chi connectivity index (χ4n) is 1.68. The highest BCUT2D eigenvalue weighted by atomic mass is 79.9. The summed E-state index contributed by atoms with van der Waals surface area (Å²) in [5, 5.41) is 18.3. The Morgan fingerprint density at radius 3 is 2.75 bits per heavy atom. The number of hydrogen-bond donors (Lipinski definition) is 2. The summed E-state index contributed by atoms with van der Waals surface area (Å²) in [6.07, 6.45) is 0. The van der Waals surface area contributed by atoms with Crippen molar-refractivity contribution in [3.05, 3.63) is 28.2 Å². The van der Waals surface area contributed by atoms with E-state index in [0.717, 1.165) is 0 Å². The second kappa shape index (κ2) is 4.43. The normalized spacial score (nSPS) is 16.0. The van der Waals surface area contributed by atoms with Gasteiger partial charge in [0.05, 0.1) is 4.47 Å².